The first-order chi connectivity index (χ1) is 8.00. The molecule has 0 amide bonds. The van der Waals surface area contributed by atoms with Gasteiger partial charge in [-0.2, -0.15) is 0 Å². The molecule has 0 aromatic heterocycles. The molecule has 0 heterocycles. The lowest BCUT2D eigenvalue weighted by Gasteiger charge is -2.08. The second kappa shape index (κ2) is 5.98. The Balaban J connectivity index is 2.76. The molecule has 0 N–H and O–H groups in total. The summed E-state index contributed by atoms with van der Waals surface area (Å²) in [6, 6.07) is 4.63. The SMILES string of the molecule is CC(=O)OCc1cccc(COC(C)=O)c1F. The van der Waals surface area contributed by atoms with Gasteiger partial charge in [-0.1, -0.05) is 18.2 Å². The summed E-state index contributed by atoms with van der Waals surface area (Å²) in [6.07, 6.45) is 0. The molecule has 0 spiro atoms. The number of carbonyl (C=O) groups is 2. The Kier molecular flexibility index (Phi) is 4.63. The van der Waals surface area contributed by atoms with Gasteiger partial charge in [0.25, 0.3) is 0 Å². The average molecular weight is 240 g/mol. The highest BCUT2D eigenvalue weighted by Crippen LogP contribution is 2.15. The zero-order valence-corrected chi connectivity index (χ0v) is 9.66. The standard InChI is InChI=1S/C12H13FO4/c1-8(14)16-6-10-4-3-5-11(12(10)13)7-17-9(2)15/h3-5H,6-7H2,1-2H3. The maximum Gasteiger partial charge on any atom is 0.302 e. The van der Waals surface area contributed by atoms with Crippen molar-refractivity contribution in [3.63, 3.8) is 0 Å². The van der Waals surface area contributed by atoms with Crippen LogP contribution in [-0.2, 0) is 32.3 Å². The molecule has 0 saturated carbocycles. The minimum atomic E-state index is -0.519. The van der Waals surface area contributed by atoms with E-state index in [1.54, 1.807) is 6.07 Å². The van der Waals surface area contributed by atoms with Crippen LogP contribution >= 0.6 is 0 Å². The number of carbonyl (C=O) groups excluding carboxylic acids is 2. The average Bonchev–Trinajstić information content (AvgIpc) is 2.25. The van der Waals surface area contributed by atoms with Gasteiger partial charge in [0.05, 0.1) is 0 Å². The van der Waals surface area contributed by atoms with Crippen LogP contribution in [0.3, 0.4) is 0 Å². The van der Waals surface area contributed by atoms with Gasteiger partial charge >= 0.3 is 11.9 Å². The lowest BCUT2D eigenvalue weighted by atomic mass is 10.1. The molecular formula is C12H13FO4. The van der Waals surface area contributed by atoms with E-state index in [1.165, 1.54) is 26.0 Å². The molecule has 0 atom stereocenters. The third-order valence-electron chi connectivity index (χ3n) is 2.02. The van der Waals surface area contributed by atoms with E-state index in [0.717, 1.165) is 0 Å². The molecule has 0 bridgehead atoms. The third kappa shape index (κ3) is 4.22. The van der Waals surface area contributed by atoms with Crippen LogP contribution in [0.15, 0.2) is 18.2 Å². The molecule has 92 valence electrons. The van der Waals surface area contributed by atoms with E-state index in [9.17, 15) is 14.0 Å². The highest BCUT2D eigenvalue weighted by Gasteiger charge is 2.10. The van der Waals surface area contributed by atoms with Crippen LogP contribution in [0.4, 0.5) is 4.39 Å². The summed E-state index contributed by atoms with van der Waals surface area (Å²) in [5.74, 6) is -1.47. The molecule has 1 rings (SSSR count). The number of esters is 2. The summed E-state index contributed by atoms with van der Waals surface area (Å²) in [5.41, 5.74) is 0.509. The van der Waals surface area contributed by atoms with Crippen LogP contribution in [0.2, 0.25) is 0 Å². The molecule has 1 aromatic carbocycles. The van der Waals surface area contributed by atoms with E-state index in [0.29, 0.717) is 0 Å². The van der Waals surface area contributed by atoms with Crippen molar-refractivity contribution in [2.75, 3.05) is 0 Å². The Hall–Kier alpha value is -1.91. The predicted molar refractivity (Wildman–Crippen MR) is 57.3 cm³/mol. The van der Waals surface area contributed by atoms with Gasteiger partial charge in [0.2, 0.25) is 0 Å². The van der Waals surface area contributed by atoms with Gasteiger partial charge in [0.15, 0.2) is 0 Å². The fraction of sp³-hybridized carbons (Fsp3) is 0.333. The fourth-order valence-electron chi connectivity index (χ4n) is 1.21. The van der Waals surface area contributed by atoms with Crippen LogP contribution in [0.5, 0.6) is 0 Å². The number of hydrogen-bond donors (Lipinski definition) is 0. The van der Waals surface area contributed by atoms with E-state index in [1.807, 2.05) is 0 Å². The zero-order valence-electron chi connectivity index (χ0n) is 9.66. The Morgan fingerprint density at radius 2 is 1.47 bits per heavy atom. The molecule has 0 aliphatic heterocycles. The van der Waals surface area contributed by atoms with Gasteiger partial charge in [-0.15, -0.1) is 0 Å². The van der Waals surface area contributed by atoms with Crippen LogP contribution in [-0.4, -0.2) is 11.9 Å². The first kappa shape index (κ1) is 13.2. The first-order valence-corrected chi connectivity index (χ1v) is 5.03. The van der Waals surface area contributed by atoms with Gasteiger partial charge < -0.3 is 9.47 Å². The van der Waals surface area contributed by atoms with Gasteiger partial charge in [-0.05, 0) is 0 Å². The van der Waals surface area contributed by atoms with Crippen molar-refractivity contribution in [2.45, 2.75) is 27.1 Å². The van der Waals surface area contributed by atoms with Crippen molar-refractivity contribution in [1.29, 1.82) is 0 Å². The largest absolute Gasteiger partial charge is 0.461 e. The molecule has 0 radical (unpaired) electrons. The summed E-state index contributed by atoms with van der Waals surface area (Å²) < 4.78 is 23.2. The monoisotopic (exact) mass is 240 g/mol. The van der Waals surface area contributed by atoms with Crippen molar-refractivity contribution in [2.24, 2.45) is 0 Å². The van der Waals surface area contributed by atoms with Gasteiger partial charge in [0, 0.05) is 25.0 Å². The molecular weight excluding hydrogens is 227 g/mol. The summed E-state index contributed by atoms with van der Waals surface area (Å²) in [7, 11) is 0. The van der Waals surface area contributed by atoms with Crippen molar-refractivity contribution < 1.29 is 23.5 Å². The predicted octanol–water partition coefficient (Wildman–Crippen LogP) is 1.95. The van der Waals surface area contributed by atoms with E-state index in [-0.39, 0.29) is 24.3 Å². The van der Waals surface area contributed by atoms with Crippen LogP contribution in [0, 0.1) is 5.82 Å². The van der Waals surface area contributed by atoms with Crippen LogP contribution in [0.25, 0.3) is 0 Å². The van der Waals surface area contributed by atoms with Gasteiger partial charge in [-0.3, -0.25) is 9.59 Å². The lowest BCUT2D eigenvalue weighted by Crippen LogP contribution is -2.05. The summed E-state index contributed by atoms with van der Waals surface area (Å²) >= 11 is 0. The van der Waals surface area contributed by atoms with Crippen molar-refractivity contribution >= 4 is 11.9 Å². The summed E-state index contributed by atoms with van der Waals surface area (Å²) in [5, 5.41) is 0. The Labute approximate surface area is 98.3 Å². The minimum Gasteiger partial charge on any atom is -0.461 e. The molecule has 1 aromatic rings. The smallest absolute Gasteiger partial charge is 0.302 e. The number of ether oxygens (including phenoxy) is 2. The highest BCUT2D eigenvalue weighted by atomic mass is 19.1. The van der Waals surface area contributed by atoms with E-state index < -0.39 is 17.8 Å². The molecule has 4 nitrogen and oxygen atoms in total. The Morgan fingerprint density at radius 3 is 1.82 bits per heavy atom. The second-order valence-electron chi connectivity index (χ2n) is 3.45. The van der Waals surface area contributed by atoms with E-state index in [4.69, 9.17) is 9.47 Å². The second-order valence-corrected chi connectivity index (χ2v) is 3.45. The number of benzene rings is 1. The Bertz CT molecular complexity index is 392. The third-order valence-corrected chi connectivity index (χ3v) is 2.02. The van der Waals surface area contributed by atoms with Gasteiger partial charge in [-0.25, -0.2) is 4.39 Å². The maximum absolute atomic E-state index is 13.8. The highest BCUT2D eigenvalue weighted by molar-refractivity contribution is 5.66. The molecule has 0 unspecified atom stereocenters. The fourth-order valence-corrected chi connectivity index (χ4v) is 1.21. The van der Waals surface area contributed by atoms with Crippen molar-refractivity contribution in [3.8, 4) is 0 Å². The van der Waals surface area contributed by atoms with Crippen molar-refractivity contribution in [1.82, 2.24) is 0 Å². The summed E-state index contributed by atoms with van der Waals surface area (Å²) in [4.78, 5) is 21.2. The molecule has 0 saturated heterocycles. The van der Waals surface area contributed by atoms with Gasteiger partial charge in [0.1, 0.15) is 19.0 Å². The van der Waals surface area contributed by atoms with Crippen LogP contribution in [0.1, 0.15) is 25.0 Å². The number of rotatable bonds is 4. The quantitative estimate of drug-likeness (QED) is 0.755. The summed E-state index contributed by atoms with van der Waals surface area (Å²) in [6.45, 7) is 2.24. The molecule has 5 heteroatoms. The molecule has 17 heavy (non-hydrogen) atoms. The molecule has 0 aliphatic rings. The van der Waals surface area contributed by atoms with Crippen molar-refractivity contribution in [3.05, 3.63) is 35.1 Å². The van der Waals surface area contributed by atoms with E-state index >= 15 is 0 Å². The normalized spacial score (nSPS) is 9.82. The first-order valence-electron chi connectivity index (χ1n) is 5.03. The topological polar surface area (TPSA) is 52.6 Å². The number of halogens is 1. The Morgan fingerprint density at radius 1 is 1.06 bits per heavy atom. The zero-order chi connectivity index (χ0) is 12.8. The molecule has 0 aliphatic carbocycles. The van der Waals surface area contributed by atoms with Crippen LogP contribution < -0.4 is 0 Å². The lowest BCUT2D eigenvalue weighted by molar-refractivity contribution is -0.142. The molecule has 0 fully saturated rings. The van der Waals surface area contributed by atoms with E-state index in [2.05, 4.69) is 0 Å². The minimum absolute atomic E-state index is 0.130. The maximum atomic E-state index is 13.8. The number of hydrogen-bond acceptors (Lipinski definition) is 4.